The monoisotopic (exact) mass is 376 g/mol. The Morgan fingerprint density at radius 2 is 2.04 bits per heavy atom. The molecule has 1 aromatic carbocycles. The number of thioether (sulfide) groups is 1. The van der Waals surface area contributed by atoms with Gasteiger partial charge in [0.05, 0.1) is 11.4 Å². The molecule has 10 heteroatoms. The van der Waals surface area contributed by atoms with E-state index in [1.807, 2.05) is 43.8 Å². The van der Waals surface area contributed by atoms with Crippen LogP contribution < -0.4 is 10.6 Å². The highest BCUT2D eigenvalue weighted by Gasteiger charge is 2.11. The topological polar surface area (TPSA) is 98.6 Å². The van der Waals surface area contributed by atoms with Gasteiger partial charge >= 0.3 is 0 Å². The molecule has 0 bridgehead atoms. The summed E-state index contributed by atoms with van der Waals surface area (Å²) in [5, 5.41) is 9.56. The first-order chi connectivity index (χ1) is 11.9. The minimum absolute atomic E-state index is 0.195. The number of benzene rings is 1. The first kappa shape index (κ1) is 17.4. The number of hydrogen-bond acceptors (Lipinski definition) is 8. The average Bonchev–Trinajstić information content (AvgIpc) is 3.03. The standard InChI is InChI=1S/C15H17ClN8S/c1-9-4-5-10(6-11(9)16)24-8-18-22-15(24)25-7-12-19-13(17)21-14(20-12)23(2)3/h4-6,8H,7H2,1-3H3,(H2,17,19,20,21). The van der Waals surface area contributed by atoms with Crippen molar-refractivity contribution in [2.24, 2.45) is 0 Å². The largest absolute Gasteiger partial charge is 0.368 e. The van der Waals surface area contributed by atoms with E-state index in [9.17, 15) is 0 Å². The summed E-state index contributed by atoms with van der Waals surface area (Å²) in [4.78, 5) is 14.4. The van der Waals surface area contributed by atoms with Gasteiger partial charge in [0.25, 0.3) is 0 Å². The van der Waals surface area contributed by atoms with Crippen molar-refractivity contribution in [1.82, 2.24) is 29.7 Å². The van der Waals surface area contributed by atoms with E-state index in [0.717, 1.165) is 11.3 Å². The zero-order chi connectivity index (χ0) is 18.0. The third kappa shape index (κ3) is 3.99. The fourth-order valence-corrected chi connectivity index (χ4v) is 3.01. The van der Waals surface area contributed by atoms with Crippen LogP contribution in [0.4, 0.5) is 11.9 Å². The molecule has 0 aliphatic rings. The molecule has 3 aromatic rings. The second-order valence-electron chi connectivity index (χ2n) is 5.51. The van der Waals surface area contributed by atoms with Crippen molar-refractivity contribution in [3.63, 3.8) is 0 Å². The Balaban J connectivity index is 1.81. The Kier molecular flexibility index (Phi) is 5.05. The van der Waals surface area contributed by atoms with Gasteiger partial charge in [-0.05, 0) is 24.6 Å². The van der Waals surface area contributed by atoms with Crippen LogP contribution in [0.1, 0.15) is 11.4 Å². The Hall–Kier alpha value is -2.39. The van der Waals surface area contributed by atoms with Crippen molar-refractivity contribution in [1.29, 1.82) is 0 Å². The third-order valence-corrected chi connectivity index (χ3v) is 4.71. The molecule has 0 unspecified atom stereocenters. The van der Waals surface area contributed by atoms with Crippen molar-refractivity contribution in [2.45, 2.75) is 17.8 Å². The van der Waals surface area contributed by atoms with Crippen molar-refractivity contribution in [3.05, 3.63) is 40.9 Å². The molecule has 0 atom stereocenters. The van der Waals surface area contributed by atoms with Crippen LogP contribution in [0.15, 0.2) is 29.7 Å². The van der Waals surface area contributed by atoms with E-state index in [-0.39, 0.29) is 5.95 Å². The Bertz CT molecular complexity index is 895. The molecule has 25 heavy (non-hydrogen) atoms. The quantitative estimate of drug-likeness (QED) is 0.677. The van der Waals surface area contributed by atoms with Crippen LogP contribution >= 0.6 is 23.4 Å². The Morgan fingerprint density at radius 1 is 1.24 bits per heavy atom. The van der Waals surface area contributed by atoms with Gasteiger partial charge in [0.2, 0.25) is 11.9 Å². The first-order valence-corrected chi connectivity index (χ1v) is 8.77. The van der Waals surface area contributed by atoms with Gasteiger partial charge in [0.15, 0.2) is 5.16 Å². The number of hydrogen-bond donors (Lipinski definition) is 1. The lowest BCUT2D eigenvalue weighted by molar-refractivity contribution is 0.876. The van der Waals surface area contributed by atoms with Crippen molar-refractivity contribution < 1.29 is 0 Å². The molecule has 0 saturated carbocycles. The minimum Gasteiger partial charge on any atom is -0.368 e. The van der Waals surface area contributed by atoms with Gasteiger partial charge in [-0.25, -0.2) is 0 Å². The van der Waals surface area contributed by atoms with Crippen LogP contribution in [-0.4, -0.2) is 43.8 Å². The van der Waals surface area contributed by atoms with E-state index in [2.05, 4.69) is 25.1 Å². The molecule has 3 rings (SSSR count). The predicted molar refractivity (Wildman–Crippen MR) is 99.2 cm³/mol. The molecule has 0 saturated heterocycles. The van der Waals surface area contributed by atoms with Gasteiger partial charge in [0.1, 0.15) is 12.2 Å². The summed E-state index contributed by atoms with van der Waals surface area (Å²) in [5.41, 5.74) is 7.67. The minimum atomic E-state index is 0.195. The Labute approximate surface area is 154 Å². The molecule has 2 aromatic heterocycles. The van der Waals surface area contributed by atoms with Gasteiger partial charge in [-0.3, -0.25) is 4.57 Å². The van der Waals surface area contributed by atoms with E-state index < -0.39 is 0 Å². The number of rotatable bonds is 5. The number of aryl methyl sites for hydroxylation is 1. The van der Waals surface area contributed by atoms with E-state index in [4.69, 9.17) is 17.3 Å². The van der Waals surface area contributed by atoms with Crippen LogP contribution in [0, 0.1) is 6.92 Å². The second kappa shape index (κ2) is 7.24. The van der Waals surface area contributed by atoms with Gasteiger partial charge in [-0.2, -0.15) is 15.0 Å². The molecular weight excluding hydrogens is 360 g/mol. The fourth-order valence-electron chi connectivity index (χ4n) is 2.05. The molecule has 0 aliphatic heterocycles. The lowest BCUT2D eigenvalue weighted by Gasteiger charge is -2.11. The molecule has 0 radical (unpaired) electrons. The zero-order valence-corrected chi connectivity index (χ0v) is 15.6. The van der Waals surface area contributed by atoms with E-state index in [1.165, 1.54) is 11.8 Å². The van der Waals surface area contributed by atoms with E-state index in [0.29, 0.717) is 27.7 Å². The smallest absolute Gasteiger partial charge is 0.229 e. The molecule has 2 heterocycles. The zero-order valence-electron chi connectivity index (χ0n) is 14.0. The molecule has 0 aliphatic carbocycles. The number of halogens is 1. The first-order valence-electron chi connectivity index (χ1n) is 7.41. The number of anilines is 2. The summed E-state index contributed by atoms with van der Waals surface area (Å²) in [6, 6.07) is 5.82. The summed E-state index contributed by atoms with van der Waals surface area (Å²) in [6.45, 7) is 1.96. The van der Waals surface area contributed by atoms with Crippen LogP contribution in [0.2, 0.25) is 5.02 Å². The molecule has 0 amide bonds. The fraction of sp³-hybridized carbons (Fsp3) is 0.267. The molecule has 130 valence electrons. The van der Waals surface area contributed by atoms with Crippen LogP contribution in [-0.2, 0) is 5.75 Å². The highest BCUT2D eigenvalue weighted by atomic mass is 35.5. The highest BCUT2D eigenvalue weighted by Crippen LogP contribution is 2.25. The summed E-state index contributed by atoms with van der Waals surface area (Å²) >= 11 is 7.67. The molecule has 8 nitrogen and oxygen atoms in total. The van der Waals surface area contributed by atoms with Gasteiger partial charge in [-0.15, -0.1) is 10.2 Å². The molecular formula is C15H17ClN8S. The molecule has 2 N–H and O–H groups in total. The molecule has 0 spiro atoms. The van der Waals surface area contributed by atoms with Crippen molar-refractivity contribution in [3.8, 4) is 5.69 Å². The normalized spacial score (nSPS) is 10.9. The maximum atomic E-state index is 6.21. The lowest BCUT2D eigenvalue weighted by Crippen LogP contribution is -2.16. The van der Waals surface area contributed by atoms with Crippen molar-refractivity contribution >= 4 is 35.3 Å². The van der Waals surface area contributed by atoms with Crippen LogP contribution in [0.3, 0.4) is 0 Å². The summed E-state index contributed by atoms with van der Waals surface area (Å²) in [7, 11) is 3.70. The predicted octanol–water partition coefficient (Wildman–Crippen LogP) is 2.35. The number of nitrogen functional groups attached to an aromatic ring is 1. The van der Waals surface area contributed by atoms with Crippen LogP contribution in [0.25, 0.3) is 5.69 Å². The maximum absolute atomic E-state index is 6.21. The van der Waals surface area contributed by atoms with E-state index in [1.54, 1.807) is 11.2 Å². The average molecular weight is 377 g/mol. The van der Waals surface area contributed by atoms with Crippen molar-refractivity contribution in [2.75, 3.05) is 24.7 Å². The summed E-state index contributed by atoms with van der Waals surface area (Å²) in [5.74, 6) is 1.79. The highest BCUT2D eigenvalue weighted by molar-refractivity contribution is 7.98. The number of aromatic nitrogens is 6. The third-order valence-electron chi connectivity index (χ3n) is 3.37. The second-order valence-corrected chi connectivity index (χ2v) is 6.86. The maximum Gasteiger partial charge on any atom is 0.229 e. The van der Waals surface area contributed by atoms with Gasteiger partial charge < -0.3 is 10.6 Å². The number of nitrogens with two attached hydrogens (primary N) is 1. The Morgan fingerprint density at radius 3 is 2.76 bits per heavy atom. The number of nitrogens with zero attached hydrogens (tertiary/aromatic N) is 7. The van der Waals surface area contributed by atoms with Gasteiger partial charge in [0, 0.05) is 19.1 Å². The summed E-state index contributed by atoms with van der Waals surface area (Å²) < 4.78 is 1.87. The lowest BCUT2D eigenvalue weighted by atomic mass is 10.2. The SMILES string of the molecule is Cc1ccc(-n2cnnc2SCc2nc(N)nc(N(C)C)n2)cc1Cl. The van der Waals surface area contributed by atoms with Gasteiger partial charge in [-0.1, -0.05) is 29.4 Å². The van der Waals surface area contributed by atoms with E-state index >= 15 is 0 Å². The molecule has 0 fully saturated rings. The summed E-state index contributed by atoms with van der Waals surface area (Å²) in [6.07, 6.45) is 1.65. The van der Waals surface area contributed by atoms with Crippen LogP contribution in [0.5, 0.6) is 0 Å².